The van der Waals surface area contributed by atoms with Gasteiger partial charge in [0.25, 0.3) is 0 Å². The third-order valence-corrected chi connectivity index (χ3v) is 3.14. The van der Waals surface area contributed by atoms with Crippen molar-refractivity contribution in [3.8, 4) is 5.88 Å². The molecule has 0 aliphatic rings. The van der Waals surface area contributed by atoms with Crippen LogP contribution in [0.5, 0.6) is 5.88 Å². The van der Waals surface area contributed by atoms with E-state index in [4.69, 9.17) is 16.3 Å². The van der Waals surface area contributed by atoms with Crippen molar-refractivity contribution < 1.29 is 4.74 Å². The van der Waals surface area contributed by atoms with Crippen molar-refractivity contribution >= 4 is 17.7 Å². The number of ether oxygens (including phenoxy) is 1. The second-order valence-electron chi connectivity index (χ2n) is 4.53. The minimum atomic E-state index is 0.439. The van der Waals surface area contributed by atoms with Crippen LogP contribution in [0.1, 0.15) is 18.1 Å². The first-order valence-corrected chi connectivity index (χ1v) is 7.37. The van der Waals surface area contributed by atoms with Gasteiger partial charge in [0.15, 0.2) is 0 Å². The lowest BCUT2D eigenvalue weighted by atomic mass is 10.2. The smallest absolute Gasteiger partial charge is 0.232 e. The maximum Gasteiger partial charge on any atom is 0.232 e. The van der Waals surface area contributed by atoms with Gasteiger partial charge in [-0.15, -0.1) is 0 Å². The molecule has 21 heavy (non-hydrogen) atoms. The zero-order valence-electron chi connectivity index (χ0n) is 12.1. The van der Waals surface area contributed by atoms with Gasteiger partial charge in [-0.05, 0) is 29.8 Å². The summed E-state index contributed by atoms with van der Waals surface area (Å²) in [5, 5.41) is 3.77. The molecule has 1 N–H and O–H groups in total. The average molecular weight is 303 g/mol. The number of benzene rings is 1. The molecule has 0 aliphatic carbocycles. The van der Waals surface area contributed by atoms with E-state index in [-0.39, 0.29) is 0 Å². The quantitative estimate of drug-likeness (QED) is 0.841. The number of aromatic nitrogens is 1. The van der Waals surface area contributed by atoms with Crippen LogP contribution in [0.4, 0.5) is 0 Å². The summed E-state index contributed by atoms with van der Waals surface area (Å²) in [6.45, 7) is 4.18. The van der Waals surface area contributed by atoms with Crippen LogP contribution in [0.25, 0.3) is 6.08 Å². The van der Waals surface area contributed by atoms with E-state index >= 15 is 0 Å². The molecule has 3 nitrogen and oxygen atoms in total. The third-order valence-electron chi connectivity index (χ3n) is 2.87. The van der Waals surface area contributed by atoms with Gasteiger partial charge in [-0.25, -0.2) is 4.98 Å². The summed E-state index contributed by atoms with van der Waals surface area (Å²) in [5.74, 6) is 0.467. The summed E-state index contributed by atoms with van der Waals surface area (Å²) in [5.41, 5.74) is 2.19. The molecule has 0 amide bonds. The second-order valence-corrected chi connectivity index (χ2v) is 4.94. The monoisotopic (exact) mass is 302 g/mol. The van der Waals surface area contributed by atoms with Crippen molar-refractivity contribution in [2.75, 3.05) is 13.2 Å². The third kappa shape index (κ3) is 5.21. The number of rotatable bonds is 7. The average Bonchev–Trinajstić information content (AvgIpc) is 2.52. The highest BCUT2D eigenvalue weighted by Gasteiger charge is 2.04. The van der Waals surface area contributed by atoms with Crippen molar-refractivity contribution in [1.82, 2.24) is 10.3 Å². The summed E-state index contributed by atoms with van der Waals surface area (Å²) in [7, 11) is 0. The highest BCUT2D eigenvalue weighted by molar-refractivity contribution is 6.31. The highest BCUT2D eigenvalue weighted by Crippen LogP contribution is 2.22. The van der Waals surface area contributed by atoms with Crippen molar-refractivity contribution in [2.24, 2.45) is 0 Å². The van der Waals surface area contributed by atoms with Crippen LogP contribution in [0.2, 0.25) is 5.02 Å². The van der Waals surface area contributed by atoms with Crippen LogP contribution >= 0.6 is 11.6 Å². The fourth-order valence-corrected chi connectivity index (χ4v) is 2.06. The first-order chi connectivity index (χ1) is 10.3. The van der Waals surface area contributed by atoms with Crippen molar-refractivity contribution in [3.05, 3.63) is 64.8 Å². The molecule has 0 saturated heterocycles. The fourth-order valence-electron chi connectivity index (χ4n) is 1.81. The number of hydrogen-bond donors (Lipinski definition) is 1. The van der Waals surface area contributed by atoms with Crippen LogP contribution in [0, 0.1) is 0 Å². The summed E-state index contributed by atoms with van der Waals surface area (Å²) in [6.07, 6.45) is 5.73. The molecule has 110 valence electrons. The molecule has 1 heterocycles. The SMILES string of the molecule is CCNCc1cnc(OCC=Cc2ccccc2)c(Cl)c1. The van der Waals surface area contributed by atoms with Gasteiger partial charge in [0.1, 0.15) is 11.6 Å². The number of nitrogens with one attached hydrogen (secondary N) is 1. The topological polar surface area (TPSA) is 34.2 Å². The Balaban J connectivity index is 1.87. The van der Waals surface area contributed by atoms with Gasteiger partial charge < -0.3 is 10.1 Å². The van der Waals surface area contributed by atoms with Gasteiger partial charge in [-0.2, -0.15) is 0 Å². The van der Waals surface area contributed by atoms with E-state index in [1.54, 1.807) is 6.20 Å². The molecule has 1 aromatic heterocycles. The lowest BCUT2D eigenvalue weighted by Crippen LogP contribution is -2.12. The lowest BCUT2D eigenvalue weighted by Gasteiger charge is -2.07. The second kappa shape index (κ2) is 8.45. The van der Waals surface area contributed by atoms with Crippen molar-refractivity contribution in [3.63, 3.8) is 0 Å². The molecular weight excluding hydrogens is 284 g/mol. The molecule has 1 aromatic carbocycles. The predicted molar refractivity (Wildman–Crippen MR) is 87.6 cm³/mol. The Morgan fingerprint density at radius 1 is 1.29 bits per heavy atom. The Morgan fingerprint density at radius 3 is 2.81 bits per heavy atom. The van der Waals surface area contributed by atoms with Crippen LogP contribution in [-0.4, -0.2) is 18.1 Å². The molecule has 0 radical (unpaired) electrons. The number of nitrogens with zero attached hydrogens (tertiary/aromatic N) is 1. The van der Waals surface area contributed by atoms with E-state index in [2.05, 4.69) is 17.2 Å². The summed E-state index contributed by atoms with van der Waals surface area (Å²) < 4.78 is 5.57. The maximum atomic E-state index is 6.16. The zero-order chi connectivity index (χ0) is 14.9. The standard InChI is InChI=1S/C17H19ClN2O/c1-2-19-12-15-11-16(18)17(20-13-15)21-10-6-9-14-7-4-3-5-8-14/h3-9,11,13,19H,2,10,12H2,1H3. The summed E-state index contributed by atoms with van der Waals surface area (Å²) in [6, 6.07) is 12.0. The molecule has 0 unspecified atom stereocenters. The normalized spacial score (nSPS) is 11.0. The molecule has 0 fully saturated rings. The van der Waals surface area contributed by atoms with Crippen molar-refractivity contribution in [1.29, 1.82) is 0 Å². The molecule has 0 aliphatic heterocycles. The molecule has 0 spiro atoms. The van der Waals surface area contributed by atoms with E-state index in [1.165, 1.54) is 0 Å². The maximum absolute atomic E-state index is 6.16. The van der Waals surface area contributed by atoms with Crippen LogP contribution < -0.4 is 10.1 Å². The molecule has 2 rings (SSSR count). The van der Waals surface area contributed by atoms with Gasteiger partial charge in [0.2, 0.25) is 5.88 Å². The van der Waals surface area contributed by atoms with Gasteiger partial charge >= 0.3 is 0 Å². The minimum absolute atomic E-state index is 0.439. The van der Waals surface area contributed by atoms with E-state index in [9.17, 15) is 0 Å². The van der Waals surface area contributed by atoms with E-state index in [1.807, 2.05) is 48.6 Å². The largest absolute Gasteiger partial charge is 0.472 e. The lowest BCUT2D eigenvalue weighted by molar-refractivity contribution is 0.349. The molecule has 0 atom stereocenters. The minimum Gasteiger partial charge on any atom is -0.472 e. The Labute approximate surface area is 130 Å². The number of halogens is 1. The van der Waals surface area contributed by atoms with Crippen molar-refractivity contribution in [2.45, 2.75) is 13.5 Å². The van der Waals surface area contributed by atoms with E-state index in [0.29, 0.717) is 17.5 Å². The molecular formula is C17H19ClN2O. The van der Waals surface area contributed by atoms with Crippen LogP contribution in [0.15, 0.2) is 48.7 Å². The summed E-state index contributed by atoms with van der Waals surface area (Å²) >= 11 is 6.16. The Morgan fingerprint density at radius 2 is 2.10 bits per heavy atom. The van der Waals surface area contributed by atoms with E-state index in [0.717, 1.165) is 24.2 Å². The molecule has 4 heteroatoms. The highest BCUT2D eigenvalue weighted by atomic mass is 35.5. The summed E-state index contributed by atoms with van der Waals surface area (Å²) in [4.78, 5) is 4.25. The van der Waals surface area contributed by atoms with Crippen LogP contribution in [-0.2, 0) is 6.54 Å². The van der Waals surface area contributed by atoms with Gasteiger partial charge in [0.05, 0.1) is 0 Å². The number of hydrogen-bond acceptors (Lipinski definition) is 3. The first-order valence-electron chi connectivity index (χ1n) is 6.99. The van der Waals surface area contributed by atoms with Crippen LogP contribution in [0.3, 0.4) is 0 Å². The van der Waals surface area contributed by atoms with E-state index < -0.39 is 0 Å². The zero-order valence-corrected chi connectivity index (χ0v) is 12.8. The Hall–Kier alpha value is -1.84. The predicted octanol–water partition coefficient (Wildman–Crippen LogP) is 3.94. The Kier molecular flexibility index (Phi) is 6.25. The van der Waals surface area contributed by atoms with Gasteiger partial charge in [0, 0.05) is 12.7 Å². The van der Waals surface area contributed by atoms with Gasteiger partial charge in [-0.1, -0.05) is 54.9 Å². The first kappa shape index (κ1) is 15.5. The molecule has 0 bridgehead atoms. The fraction of sp³-hybridized carbons (Fsp3) is 0.235. The molecule has 0 saturated carbocycles. The number of pyridine rings is 1. The molecule has 2 aromatic rings. The Bertz CT molecular complexity index is 585. The van der Waals surface area contributed by atoms with Gasteiger partial charge in [-0.3, -0.25) is 0 Å².